The summed E-state index contributed by atoms with van der Waals surface area (Å²) in [7, 11) is 0. The van der Waals surface area contributed by atoms with Gasteiger partial charge in [0.05, 0.1) is 0 Å². The van der Waals surface area contributed by atoms with Gasteiger partial charge in [-0.3, -0.25) is 0 Å². The molecule has 0 saturated heterocycles. The smallest absolute Gasteiger partial charge is 0.217 e. The molecule has 0 aliphatic rings. The van der Waals surface area contributed by atoms with E-state index >= 15 is 0 Å². The molecule has 0 aliphatic heterocycles. The van der Waals surface area contributed by atoms with E-state index in [1.807, 2.05) is 37.3 Å². The Morgan fingerprint density at radius 2 is 1.89 bits per heavy atom. The summed E-state index contributed by atoms with van der Waals surface area (Å²) < 4.78 is 5.66. The molecule has 0 bridgehead atoms. The van der Waals surface area contributed by atoms with Crippen molar-refractivity contribution in [1.29, 1.82) is 0 Å². The fraction of sp³-hybridized carbons (Fsp3) is 0.286. The summed E-state index contributed by atoms with van der Waals surface area (Å²) in [4.78, 5) is 8.57. The third kappa shape index (κ3) is 3.20. The Kier molecular flexibility index (Phi) is 3.77. The minimum atomic E-state index is 0.486. The molecular formula is C14H17N3O. The predicted molar refractivity (Wildman–Crippen MR) is 71.3 cm³/mol. The van der Waals surface area contributed by atoms with E-state index in [1.54, 1.807) is 0 Å². The number of ether oxygens (including phenoxy) is 1. The number of aromatic nitrogens is 2. The summed E-state index contributed by atoms with van der Waals surface area (Å²) in [5.74, 6) is 1.36. The highest BCUT2D eigenvalue weighted by Crippen LogP contribution is 2.13. The Bertz CT molecular complexity index is 523. The third-order valence-electron chi connectivity index (χ3n) is 2.60. The zero-order chi connectivity index (χ0) is 13.0. The first-order valence-corrected chi connectivity index (χ1v) is 5.99. The molecule has 0 saturated carbocycles. The van der Waals surface area contributed by atoms with Gasteiger partial charge >= 0.3 is 0 Å². The van der Waals surface area contributed by atoms with E-state index in [4.69, 9.17) is 10.5 Å². The van der Waals surface area contributed by atoms with Crippen LogP contribution in [-0.4, -0.2) is 9.97 Å². The first-order valence-electron chi connectivity index (χ1n) is 5.99. The molecular weight excluding hydrogens is 226 g/mol. The van der Waals surface area contributed by atoms with Gasteiger partial charge in [0.25, 0.3) is 0 Å². The lowest BCUT2D eigenvalue weighted by Gasteiger charge is -2.07. The van der Waals surface area contributed by atoms with Gasteiger partial charge in [0.15, 0.2) is 0 Å². The van der Waals surface area contributed by atoms with Gasteiger partial charge in [-0.1, -0.05) is 19.1 Å². The Labute approximate surface area is 107 Å². The number of nitrogens with two attached hydrogens (primary N) is 1. The quantitative estimate of drug-likeness (QED) is 0.838. The molecule has 0 amide bonds. The Hall–Kier alpha value is -2.10. The number of rotatable bonds is 4. The Morgan fingerprint density at radius 1 is 1.17 bits per heavy atom. The zero-order valence-electron chi connectivity index (χ0n) is 10.7. The SMILES string of the molecule is CCc1cc(OCc2ccc(N)cc2)nc(C)n1. The number of benzene rings is 1. The van der Waals surface area contributed by atoms with E-state index in [2.05, 4.69) is 16.9 Å². The highest BCUT2D eigenvalue weighted by Gasteiger charge is 2.02. The lowest BCUT2D eigenvalue weighted by Crippen LogP contribution is -2.01. The molecule has 1 aromatic heterocycles. The molecule has 2 N–H and O–H groups in total. The summed E-state index contributed by atoms with van der Waals surface area (Å²) in [6, 6.07) is 9.50. The normalized spacial score (nSPS) is 10.3. The van der Waals surface area contributed by atoms with Crippen LogP contribution in [0.15, 0.2) is 30.3 Å². The van der Waals surface area contributed by atoms with Crippen LogP contribution in [-0.2, 0) is 13.0 Å². The van der Waals surface area contributed by atoms with Crippen LogP contribution in [0.3, 0.4) is 0 Å². The molecule has 1 aromatic carbocycles. The van der Waals surface area contributed by atoms with Crippen LogP contribution in [0.1, 0.15) is 24.0 Å². The molecule has 18 heavy (non-hydrogen) atoms. The highest BCUT2D eigenvalue weighted by atomic mass is 16.5. The maximum Gasteiger partial charge on any atom is 0.217 e. The topological polar surface area (TPSA) is 61.0 Å². The highest BCUT2D eigenvalue weighted by molar-refractivity contribution is 5.39. The summed E-state index contributed by atoms with van der Waals surface area (Å²) in [6.07, 6.45) is 0.877. The van der Waals surface area contributed by atoms with Crippen LogP contribution in [0.25, 0.3) is 0 Å². The second-order valence-corrected chi connectivity index (χ2v) is 4.13. The van der Waals surface area contributed by atoms with Crippen molar-refractivity contribution < 1.29 is 4.74 Å². The zero-order valence-corrected chi connectivity index (χ0v) is 10.7. The van der Waals surface area contributed by atoms with Crippen molar-refractivity contribution in [2.24, 2.45) is 0 Å². The van der Waals surface area contributed by atoms with Crippen molar-refractivity contribution in [2.75, 3.05) is 5.73 Å². The fourth-order valence-corrected chi connectivity index (χ4v) is 1.63. The minimum Gasteiger partial charge on any atom is -0.473 e. The average Bonchev–Trinajstić information content (AvgIpc) is 2.37. The van der Waals surface area contributed by atoms with Crippen molar-refractivity contribution in [3.8, 4) is 5.88 Å². The maximum absolute atomic E-state index is 5.66. The van der Waals surface area contributed by atoms with E-state index < -0.39 is 0 Å². The van der Waals surface area contributed by atoms with E-state index in [1.165, 1.54) is 0 Å². The lowest BCUT2D eigenvalue weighted by molar-refractivity contribution is 0.292. The van der Waals surface area contributed by atoms with E-state index in [0.717, 1.165) is 29.2 Å². The van der Waals surface area contributed by atoms with E-state index in [-0.39, 0.29) is 0 Å². The van der Waals surface area contributed by atoms with Crippen LogP contribution in [0.5, 0.6) is 5.88 Å². The summed E-state index contributed by atoms with van der Waals surface area (Å²) in [5, 5.41) is 0. The van der Waals surface area contributed by atoms with Gasteiger partial charge in [-0.2, -0.15) is 4.98 Å². The molecule has 0 radical (unpaired) electrons. The molecule has 2 rings (SSSR count). The molecule has 4 heteroatoms. The first kappa shape index (κ1) is 12.4. The first-order chi connectivity index (χ1) is 8.67. The Balaban J connectivity index is 2.05. The van der Waals surface area contributed by atoms with Crippen LogP contribution in [0, 0.1) is 6.92 Å². The lowest BCUT2D eigenvalue weighted by atomic mass is 10.2. The fourth-order valence-electron chi connectivity index (χ4n) is 1.63. The largest absolute Gasteiger partial charge is 0.473 e. The monoisotopic (exact) mass is 243 g/mol. The van der Waals surface area contributed by atoms with Gasteiger partial charge in [-0.25, -0.2) is 4.98 Å². The molecule has 0 aliphatic carbocycles. The van der Waals surface area contributed by atoms with E-state index in [0.29, 0.717) is 12.5 Å². The third-order valence-corrected chi connectivity index (χ3v) is 2.60. The van der Waals surface area contributed by atoms with Crippen LogP contribution in [0.2, 0.25) is 0 Å². The molecule has 4 nitrogen and oxygen atoms in total. The van der Waals surface area contributed by atoms with Gasteiger partial charge in [0.2, 0.25) is 5.88 Å². The van der Waals surface area contributed by atoms with Crippen molar-refractivity contribution in [1.82, 2.24) is 9.97 Å². The number of hydrogen-bond acceptors (Lipinski definition) is 4. The maximum atomic E-state index is 5.66. The molecule has 1 heterocycles. The standard InChI is InChI=1S/C14H17N3O/c1-3-13-8-14(17-10(2)16-13)18-9-11-4-6-12(15)7-5-11/h4-8H,3,9,15H2,1-2H3. The summed E-state index contributed by atoms with van der Waals surface area (Å²) in [6.45, 7) is 4.42. The van der Waals surface area contributed by atoms with Crippen molar-refractivity contribution >= 4 is 5.69 Å². The van der Waals surface area contributed by atoms with Gasteiger partial charge in [-0.05, 0) is 31.0 Å². The average molecular weight is 243 g/mol. The number of nitrogens with zero attached hydrogens (tertiary/aromatic N) is 2. The van der Waals surface area contributed by atoms with Gasteiger partial charge in [-0.15, -0.1) is 0 Å². The molecule has 0 unspecified atom stereocenters. The number of aryl methyl sites for hydroxylation is 2. The van der Waals surface area contributed by atoms with Gasteiger partial charge in [0.1, 0.15) is 12.4 Å². The molecule has 94 valence electrons. The van der Waals surface area contributed by atoms with Crippen molar-refractivity contribution in [2.45, 2.75) is 26.9 Å². The molecule has 0 spiro atoms. The molecule has 0 atom stereocenters. The Morgan fingerprint density at radius 3 is 2.56 bits per heavy atom. The van der Waals surface area contributed by atoms with E-state index in [9.17, 15) is 0 Å². The van der Waals surface area contributed by atoms with Crippen LogP contribution >= 0.6 is 0 Å². The second-order valence-electron chi connectivity index (χ2n) is 4.13. The summed E-state index contributed by atoms with van der Waals surface area (Å²) in [5.41, 5.74) is 8.45. The van der Waals surface area contributed by atoms with Gasteiger partial charge in [0, 0.05) is 17.4 Å². The van der Waals surface area contributed by atoms with Crippen LogP contribution in [0.4, 0.5) is 5.69 Å². The minimum absolute atomic E-state index is 0.486. The number of anilines is 1. The number of nitrogen functional groups attached to an aromatic ring is 1. The predicted octanol–water partition coefficient (Wildman–Crippen LogP) is 2.51. The molecule has 2 aromatic rings. The number of hydrogen-bond donors (Lipinski definition) is 1. The van der Waals surface area contributed by atoms with Gasteiger partial charge < -0.3 is 10.5 Å². The van der Waals surface area contributed by atoms with Crippen LogP contribution < -0.4 is 10.5 Å². The van der Waals surface area contributed by atoms with Crippen molar-refractivity contribution in [3.05, 3.63) is 47.4 Å². The second kappa shape index (κ2) is 5.49. The summed E-state index contributed by atoms with van der Waals surface area (Å²) >= 11 is 0. The molecule has 0 fully saturated rings. The van der Waals surface area contributed by atoms with Crippen molar-refractivity contribution in [3.63, 3.8) is 0 Å².